The zero-order valence-corrected chi connectivity index (χ0v) is 14.0. The minimum atomic E-state index is -0.284. The Kier molecular flexibility index (Phi) is 4.80. The molecule has 120 valence electrons. The number of rotatable bonds is 4. The van der Waals surface area contributed by atoms with Crippen LogP contribution in [0.5, 0.6) is 5.75 Å². The fraction of sp³-hybridized carbons (Fsp3) is 0.381. The molecule has 1 aliphatic rings. The highest BCUT2D eigenvalue weighted by Crippen LogP contribution is 2.32. The number of carbonyl (C=O) groups is 1. The lowest BCUT2D eigenvalue weighted by atomic mass is 9.81. The summed E-state index contributed by atoms with van der Waals surface area (Å²) in [5.41, 5.74) is 5.43. The smallest absolute Gasteiger partial charge is 0.308 e. The van der Waals surface area contributed by atoms with Gasteiger partial charge in [0, 0.05) is 6.92 Å². The summed E-state index contributed by atoms with van der Waals surface area (Å²) < 4.78 is 5.09. The highest BCUT2D eigenvalue weighted by Gasteiger charge is 2.18. The second-order valence-corrected chi connectivity index (χ2v) is 6.50. The van der Waals surface area contributed by atoms with Crippen molar-refractivity contribution in [1.29, 1.82) is 0 Å². The molecule has 2 aromatic rings. The van der Waals surface area contributed by atoms with Crippen LogP contribution in [0, 0.1) is 5.92 Å². The lowest BCUT2D eigenvalue weighted by Gasteiger charge is -2.24. The van der Waals surface area contributed by atoms with E-state index in [0.717, 1.165) is 5.92 Å². The molecule has 2 aromatic carbocycles. The Bertz CT molecular complexity index is 685. The van der Waals surface area contributed by atoms with Gasteiger partial charge in [0.25, 0.3) is 0 Å². The Hall–Kier alpha value is -2.09. The number of esters is 1. The van der Waals surface area contributed by atoms with E-state index >= 15 is 0 Å². The molecule has 1 atom stereocenters. The van der Waals surface area contributed by atoms with Gasteiger partial charge in [-0.2, -0.15) is 0 Å². The average molecular weight is 308 g/mol. The number of hydrogen-bond acceptors (Lipinski definition) is 2. The van der Waals surface area contributed by atoms with E-state index in [0.29, 0.717) is 5.75 Å². The Morgan fingerprint density at radius 1 is 1.09 bits per heavy atom. The molecule has 0 aliphatic heterocycles. The van der Waals surface area contributed by atoms with Gasteiger partial charge in [-0.25, -0.2) is 0 Å². The monoisotopic (exact) mass is 308 g/mol. The molecule has 0 bridgehead atoms. The van der Waals surface area contributed by atoms with E-state index in [2.05, 4.69) is 25.1 Å². The van der Waals surface area contributed by atoms with Crippen molar-refractivity contribution < 1.29 is 9.53 Å². The first-order valence-electron chi connectivity index (χ1n) is 8.56. The Morgan fingerprint density at radius 2 is 1.83 bits per heavy atom. The van der Waals surface area contributed by atoms with E-state index in [9.17, 15) is 4.79 Å². The van der Waals surface area contributed by atoms with Crippen LogP contribution >= 0.6 is 0 Å². The fourth-order valence-corrected chi connectivity index (χ4v) is 3.55. The molecule has 1 unspecified atom stereocenters. The first kappa shape index (κ1) is 15.8. The molecule has 1 aliphatic carbocycles. The third-order valence-electron chi connectivity index (χ3n) is 4.68. The molecule has 0 spiro atoms. The minimum Gasteiger partial charge on any atom is -0.427 e. The SMILES string of the molecule is CCCC1CCc2cc(-c3ccc(OC(C)=O)cc3)ccc2C1. The molecule has 23 heavy (non-hydrogen) atoms. The Morgan fingerprint density at radius 3 is 2.52 bits per heavy atom. The molecule has 2 nitrogen and oxygen atoms in total. The minimum absolute atomic E-state index is 0.284. The van der Waals surface area contributed by atoms with Crippen LogP contribution in [0.4, 0.5) is 0 Å². The summed E-state index contributed by atoms with van der Waals surface area (Å²) in [5.74, 6) is 1.18. The lowest BCUT2D eigenvalue weighted by molar-refractivity contribution is -0.131. The summed E-state index contributed by atoms with van der Waals surface area (Å²) in [4.78, 5) is 11.0. The van der Waals surface area contributed by atoms with E-state index in [1.54, 1.807) is 0 Å². The molecular weight excluding hydrogens is 284 g/mol. The topological polar surface area (TPSA) is 26.3 Å². The molecule has 0 heterocycles. The van der Waals surface area contributed by atoms with Crippen molar-refractivity contribution in [2.24, 2.45) is 5.92 Å². The Balaban J connectivity index is 1.78. The molecular formula is C21H24O2. The second-order valence-electron chi connectivity index (χ2n) is 6.50. The van der Waals surface area contributed by atoms with Crippen molar-refractivity contribution in [3.8, 4) is 16.9 Å². The van der Waals surface area contributed by atoms with Gasteiger partial charge < -0.3 is 4.74 Å². The quantitative estimate of drug-likeness (QED) is 0.574. The molecule has 0 aromatic heterocycles. The van der Waals surface area contributed by atoms with E-state index in [-0.39, 0.29) is 5.97 Å². The number of aryl methyl sites for hydroxylation is 1. The van der Waals surface area contributed by atoms with Gasteiger partial charge in [0.15, 0.2) is 0 Å². The molecule has 0 radical (unpaired) electrons. The van der Waals surface area contributed by atoms with Crippen molar-refractivity contribution in [2.75, 3.05) is 0 Å². The highest BCUT2D eigenvalue weighted by atomic mass is 16.5. The zero-order valence-electron chi connectivity index (χ0n) is 14.0. The number of carbonyl (C=O) groups excluding carboxylic acids is 1. The van der Waals surface area contributed by atoms with Crippen LogP contribution in [0.3, 0.4) is 0 Å². The average Bonchev–Trinajstić information content (AvgIpc) is 2.55. The number of ether oxygens (including phenoxy) is 1. The van der Waals surface area contributed by atoms with Crippen LogP contribution < -0.4 is 4.74 Å². The van der Waals surface area contributed by atoms with Gasteiger partial charge in [-0.05, 0) is 59.6 Å². The van der Waals surface area contributed by atoms with Crippen molar-refractivity contribution in [2.45, 2.75) is 46.0 Å². The van der Waals surface area contributed by atoms with Crippen LogP contribution in [-0.4, -0.2) is 5.97 Å². The third-order valence-corrected chi connectivity index (χ3v) is 4.68. The van der Waals surface area contributed by atoms with Crippen molar-refractivity contribution in [3.63, 3.8) is 0 Å². The van der Waals surface area contributed by atoms with Gasteiger partial charge >= 0.3 is 5.97 Å². The van der Waals surface area contributed by atoms with Crippen molar-refractivity contribution in [3.05, 3.63) is 53.6 Å². The predicted molar refractivity (Wildman–Crippen MR) is 93.6 cm³/mol. The summed E-state index contributed by atoms with van der Waals surface area (Å²) in [7, 11) is 0. The second kappa shape index (κ2) is 6.99. The molecule has 0 fully saturated rings. The van der Waals surface area contributed by atoms with Crippen molar-refractivity contribution in [1.82, 2.24) is 0 Å². The zero-order chi connectivity index (χ0) is 16.2. The molecule has 3 rings (SSSR count). The van der Waals surface area contributed by atoms with Gasteiger partial charge in [0.2, 0.25) is 0 Å². The maximum Gasteiger partial charge on any atom is 0.308 e. The number of fused-ring (bicyclic) bond motifs is 1. The maximum atomic E-state index is 11.0. The molecule has 2 heteroatoms. The molecule has 0 N–H and O–H groups in total. The van der Waals surface area contributed by atoms with Crippen LogP contribution in [0.2, 0.25) is 0 Å². The first-order valence-corrected chi connectivity index (χ1v) is 8.56. The van der Waals surface area contributed by atoms with Gasteiger partial charge in [-0.1, -0.05) is 50.1 Å². The third kappa shape index (κ3) is 3.82. The van der Waals surface area contributed by atoms with Crippen LogP contribution in [-0.2, 0) is 17.6 Å². The number of benzene rings is 2. The summed E-state index contributed by atoms with van der Waals surface area (Å²) >= 11 is 0. The predicted octanol–water partition coefficient (Wildman–Crippen LogP) is 5.18. The summed E-state index contributed by atoms with van der Waals surface area (Å²) in [6, 6.07) is 14.6. The normalized spacial score (nSPS) is 16.7. The largest absolute Gasteiger partial charge is 0.427 e. The van der Waals surface area contributed by atoms with Crippen molar-refractivity contribution >= 4 is 5.97 Å². The summed E-state index contributed by atoms with van der Waals surface area (Å²) in [6.45, 7) is 3.70. The Labute approximate surface area is 138 Å². The highest BCUT2D eigenvalue weighted by molar-refractivity contribution is 5.70. The van der Waals surface area contributed by atoms with Gasteiger partial charge in [0.1, 0.15) is 5.75 Å². The van der Waals surface area contributed by atoms with Crippen LogP contribution in [0.25, 0.3) is 11.1 Å². The first-order chi connectivity index (χ1) is 11.2. The lowest BCUT2D eigenvalue weighted by Crippen LogP contribution is -2.14. The van der Waals surface area contributed by atoms with Gasteiger partial charge in [0.05, 0.1) is 0 Å². The van der Waals surface area contributed by atoms with Crippen LogP contribution in [0.1, 0.15) is 44.2 Å². The molecule has 0 saturated heterocycles. The fourth-order valence-electron chi connectivity index (χ4n) is 3.55. The van der Waals surface area contributed by atoms with E-state index in [1.807, 2.05) is 24.3 Å². The van der Waals surface area contributed by atoms with E-state index < -0.39 is 0 Å². The summed E-state index contributed by atoms with van der Waals surface area (Å²) in [5, 5.41) is 0. The maximum absolute atomic E-state index is 11.0. The summed E-state index contributed by atoms with van der Waals surface area (Å²) in [6.07, 6.45) is 6.37. The molecule has 0 saturated carbocycles. The van der Waals surface area contributed by atoms with Gasteiger partial charge in [-0.3, -0.25) is 4.79 Å². The number of hydrogen-bond donors (Lipinski definition) is 0. The van der Waals surface area contributed by atoms with Crippen LogP contribution in [0.15, 0.2) is 42.5 Å². The van der Waals surface area contributed by atoms with E-state index in [1.165, 1.54) is 61.3 Å². The van der Waals surface area contributed by atoms with Gasteiger partial charge in [-0.15, -0.1) is 0 Å². The van der Waals surface area contributed by atoms with E-state index in [4.69, 9.17) is 4.74 Å². The standard InChI is InChI=1S/C21H24O2/c1-3-4-16-5-6-20-14-19(8-7-18(20)13-16)17-9-11-21(12-10-17)23-15(2)22/h7-12,14,16H,3-6,13H2,1-2H3. The molecule has 0 amide bonds.